The minimum atomic E-state index is -0.364. The van der Waals surface area contributed by atoms with Crippen molar-refractivity contribution in [2.24, 2.45) is 0 Å². The highest BCUT2D eigenvalue weighted by Crippen LogP contribution is 2.26. The van der Waals surface area contributed by atoms with Gasteiger partial charge in [-0.25, -0.2) is 9.37 Å². The predicted molar refractivity (Wildman–Crippen MR) is 74.9 cm³/mol. The lowest BCUT2D eigenvalue weighted by atomic mass is 10.1. The van der Waals surface area contributed by atoms with Crippen LogP contribution in [-0.4, -0.2) is 9.38 Å². The second-order valence-corrected chi connectivity index (χ2v) is 4.76. The molecule has 2 aromatic heterocycles. The Morgan fingerprint density at radius 1 is 1.20 bits per heavy atom. The fourth-order valence-electron chi connectivity index (χ4n) is 2.15. The number of imidazole rings is 1. The minimum Gasteiger partial charge on any atom is -0.299 e. The van der Waals surface area contributed by atoms with Crippen molar-refractivity contribution in [3.63, 3.8) is 0 Å². The van der Waals surface area contributed by atoms with Gasteiger partial charge in [-0.1, -0.05) is 23.7 Å². The molecule has 0 fully saturated rings. The van der Waals surface area contributed by atoms with Gasteiger partial charge in [0.1, 0.15) is 11.5 Å². The first-order valence-corrected chi connectivity index (χ1v) is 6.36. The molecule has 0 aliphatic carbocycles. The van der Waals surface area contributed by atoms with E-state index < -0.39 is 0 Å². The molecule has 0 saturated carbocycles. The smallest absolute Gasteiger partial charge is 0.139 e. The third kappa shape index (κ3) is 2.13. The van der Waals surface area contributed by atoms with Gasteiger partial charge in [-0.15, -0.1) is 0 Å². The highest BCUT2D eigenvalue weighted by Gasteiger charge is 2.14. The Labute approximate surface area is 119 Å². The lowest BCUT2D eigenvalue weighted by molar-refractivity contribution is 0.618. The van der Waals surface area contributed by atoms with E-state index in [-0.39, 0.29) is 12.2 Å². The van der Waals surface area contributed by atoms with E-state index in [2.05, 4.69) is 11.1 Å². The van der Waals surface area contributed by atoms with E-state index >= 15 is 0 Å². The van der Waals surface area contributed by atoms with Gasteiger partial charge in [-0.05, 0) is 24.3 Å². The summed E-state index contributed by atoms with van der Waals surface area (Å²) in [5.41, 5.74) is 2.81. The van der Waals surface area contributed by atoms with Crippen molar-refractivity contribution in [1.82, 2.24) is 9.38 Å². The summed E-state index contributed by atoms with van der Waals surface area (Å²) in [4.78, 5) is 4.47. The van der Waals surface area contributed by atoms with Gasteiger partial charge in [0.15, 0.2) is 0 Å². The van der Waals surface area contributed by atoms with Crippen LogP contribution in [0.2, 0.25) is 5.02 Å². The molecule has 0 radical (unpaired) electrons. The van der Waals surface area contributed by atoms with Crippen molar-refractivity contribution in [2.45, 2.75) is 6.42 Å². The topological polar surface area (TPSA) is 41.1 Å². The Kier molecular flexibility index (Phi) is 3.13. The molecule has 5 heteroatoms. The van der Waals surface area contributed by atoms with Crippen LogP contribution in [-0.2, 0) is 6.42 Å². The van der Waals surface area contributed by atoms with Gasteiger partial charge in [0.2, 0.25) is 0 Å². The van der Waals surface area contributed by atoms with E-state index in [4.69, 9.17) is 16.9 Å². The SMILES string of the molecule is N#CCc1c(-c2ccc(Cl)cc2)nc2ccc(F)cn12. The van der Waals surface area contributed by atoms with Gasteiger partial charge >= 0.3 is 0 Å². The van der Waals surface area contributed by atoms with Crippen molar-refractivity contribution >= 4 is 17.2 Å². The molecule has 0 bridgehead atoms. The molecule has 0 N–H and O–H groups in total. The van der Waals surface area contributed by atoms with Crippen LogP contribution >= 0.6 is 11.6 Å². The molecule has 0 spiro atoms. The molecular weight excluding hydrogens is 277 g/mol. The lowest BCUT2D eigenvalue weighted by Gasteiger charge is -2.01. The Balaban J connectivity index is 2.26. The second-order valence-electron chi connectivity index (χ2n) is 4.32. The van der Waals surface area contributed by atoms with Crippen LogP contribution in [0.5, 0.6) is 0 Å². The first kappa shape index (κ1) is 12.6. The molecule has 1 aromatic carbocycles. The number of nitriles is 1. The second kappa shape index (κ2) is 4.95. The number of halogens is 2. The normalized spacial score (nSPS) is 10.7. The van der Waals surface area contributed by atoms with Crippen LogP contribution < -0.4 is 0 Å². The van der Waals surface area contributed by atoms with Gasteiger partial charge in [-0.3, -0.25) is 4.40 Å². The number of nitrogens with zero attached hydrogens (tertiary/aromatic N) is 3. The number of pyridine rings is 1. The first-order valence-electron chi connectivity index (χ1n) is 5.98. The van der Waals surface area contributed by atoms with E-state index in [0.29, 0.717) is 22.1 Å². The number of aromatic nitrogens is 2. The summed E-state index contributed by atoms with van der Waals surface area (Å²) in [6.45, 7) is 0. The first-order chi connectivity index (χ1) is 9.69. The highest BCUT2D eigenvalue weighted by molar-refractivity contribution is 6.30. The third-order valence-electron chi connectivity index (χ3n) is 3.05. The summed E-state index contributed by atoms with van der Waals surface area (Å²) in [5, 5.41) is 9.61. The fraction of sp³-hybridized carbons (Fsp3) is 0.0667. The van der Waals surface area contributed by atoms with E-state index in [1.807, 2.05) is 12.1 Å². The quantitative estimate of drug-likeness (QED) is 0.717. The molecule has 3 nitrogen and oxygen atoms in total. The molecule has 0 aliphatic rings. The molecule has 3 rings (SSSR count). The Hall–Kier alpha value is -2.38. The largest absolute Gasteiger partial charge is 0.299 e. The maximum absolute atomic E-state index is 13.4. The average molecular weight is 286 g/mol. The number of benzene rings is 1. The molecule has 0 amide bonds. The van der Waals surface area contributed by atoms with Gasteiger partial charge < -0.3 is 0 Å². The molecule has 3 aromatic rings. The summed E-state index contributed by atoms with van der Waals surface area (Å²) < 4.78 is 15.0. The number of rotatable bonds is 2. The zero-order valence-electron chi connectivity index (χ0n) is 10.3. The van der Waals surface area contributed by atoms with Gasteiger partial charge in [0, 0.05) is 16.8 Å². The lowest BCUT2D eigenvalue weighted by Crippen LogP contribution is -1.94. The van der Waals surface area contributed by atoms with Crippen molar-refractivity contribution in [2.75, 3.05) is 0 Å². The van der Waals surface area contributed by atoms with Crippen molar-refractivity contribution in [1.29, 1.82) is 5.26 Å². The van der Waals surface area contributed by atoms with Crippen molar-refractivity contribution in [3.8, 4) is 17.3 Å². The summed E-state index contributed by atoms with van der Waals surface area (Å²) in [7, 11) is 0. The Bertz CT molecular complexity index is 815. The minimum absolute atomic E-state index is 0.155. The van der Waals surface area contributed by atoms with E-state index in [1.165, 1.54) is 12.3 Å². The summed E-state index contributed by atoms with van der Waals surface area (Å²) in [5.74, 6) is -0.364. The van der Waals surface area contributed by atoms with E-state index in [0.717, 1.165) is 5.56 Å². The summed E-state index contributed by atoms with van der Waals surface area (Å²) >= 11 is 5.87. The number of hydrogen-bond donors (Lipinski definition) is 0. The van der Waals surface area contributed by atoms with E-state index in [9.17, 15) is 4.39 Å². The van der Waals surface area contributed by atoms with Crippen LogP contribution in [0.3, 0.4) is 0 Å². The van der Waals surface area contributed by atoms with Crippen molar-refractivity contribution < 1.29 is 4.39 Å². The Morgan fingerprint density at radius 2 is 1.95 bits per heavy atom. The molecule has 0 aliphatic heterocycles. The van der Waals surface area contributed by atoms with E-state index in [1.54, 1.807) is 22.6 Å². The standard InChI is InChI=1S/C15H9ClFN3/c16-11-3-1-10(2-4-11)15-13(7-8-18)20-9-12(17)5-6-14(20)19-15/h1-6,9H,7H2. The molecule has 0 atom stereocenters. The molecule has 98 valence electrons. The Morgan fingerprint density at radius 3 is 2.65 bits per heavy atom. The van der Waals surface area contributed by atoms with Crippen LogP contribution in [0, 0.1) is 17.1 Å². The van der Waals surface area contributed by atoms with Crippen LogP contribution in [0.1, 0.15) is 5.69 Å². The van der Waals surface area contributed by atoms with Crippen LogP contribution in [0.4, 0.5) is 4.39 Å². The number of hydrogen-bond acceptors (Lipinski definition) is 2. The molecular formula is C15H9ClFN3. The fourth-order valence-corrected chi connectivity index (χ4v) is 2.28. The van der Waals surface area contributed by atoms with Crippen molar-refractivity contribution in [3.05, 3.63) is 59.1 Å². The van der Waals surface area contributed by atoms with Gasteiger partial charge in [0.25, 0.3) is 0 Å². The van der Waals surface area contributed by atoms with Crippen LogP contribution in [0.15, 0.2) is 42.6 Å². The monoisotopic (exact) mass is 285 g/mol. The third-order valence-corrected chi connectivity index (χ3v) is 3.30. The molecule has 0 unspecified atom stereocenters. The predicted octanol–water partition coefficient (Wildman–Crippen LogP) is 3.86. The average Bonchev–Trinajstić information content (AvgIpc) is 2.79. The van der Waals surface area contributed by atoms with Crippen LogP contribution in [0.25, 0.3) is 16.9 Å². The summed E-state index contributed by atoms with van der Waals surface area (Å²) in [6, 6.07) is 12.2. The maximum atomic E-state index is 13.4. The maximum Gasteiger partial charge on any atom is 0.139 e. The van der Waals surface area contributed by atoms with Gasteiger partial charge in [-0.2, -0.15) is 5.26 Å². The molecule has 20 heavy (non-hydrogen) atoms. The summed E-state index contributed by atoms with van der Waals surface area (Å²) in [6.07, 6.45) is 1.50. The van der Waals surface area contributed by atoms with Gasteiger partial charge in [0.05, 0.1) is 23.9 Å². The number of fused-ring (bicyclic) bond motifs is 1. The highest BCUT2D eigenvalue weighted by atomic mass is 35.5. The zero-order chi connectivity index (χ0) is 14.1. The zero-order valence-corrected chi connectivity index (χ0v) is 11.1. The molecule has 2 heterocycles. The molecule has 0 saturated heterocycles.